The lowest BCUT2D eigenvalue weighted by molar-refractivity contribution is -0.134. The third-order valence-electron chi connectivity index (χ3n) is 3.23. The van der Waals surface area contributed by atoms with E-state index in [0.29, 0.717) is 6.42 Å². The number of methoxy groups -OCH3 is 1. The van der Waals surface area contributed by atoms with Crippen LogP contribution in [0.2, 0.25) is 0 Å². The lowest BCUT2D eigenvalue weighted by Crippen LogP contribution is -2.52. The predicted octanol–water partition coefficient (Wildman–Crippen LogP) is 2.45. The van der Waals surface area contributed by atoms with Crippen LogP contribution in [0.3, 0.4) is 0 Å². The largest absolute Gasteiger partial charge is 0.466 e. The molecule has 2 amide bonds. The zero-order valence-electron chi connectivity index (χ0n) is 15.1. The molecule has 0 bridgehead atoms. The highest BCUT2D eigenvalue weighted by Crippen LogP contribution is 2.11. The van der Waals surface area contributed by atoms with Gasteiger partial charge in [-0.2, -0.15) is 0 Å². The van der Waals surface area contributed by atoms with Crippen molar-refractivity contribution in [2.24, 2.45) is 0 Å². The lowest BCUT2D eigenvalue weighted by Gasteiger charge is -2.28. The quantitative estimate of drug-likeness (QED) is 0.346. The van der Waals surface area contributed by atoms with Crippen LogP contribution in [0.15, 0.2) is 42.5 Å². The number of hydrazine groups is 1. The van der Waals surface area contributed by atoms with Crippen LogP contribution < -0.4 is 5.43 Å². The molecule has 0 aliphatic carbocycles. The van der Waals surface area contributed by atoms with E-state index < -0.39 is 24.2 Å². The van der Waals surface area contributed by atoms with Crippen LogP contribution in [-0.4, -0.2) is 49.5 Å². The number of esters is 1. The first kappa shape index (κ1) is 21.0. The van der Waals surface area contributed by atoms with E-state index in [2.05, 4.69) is 10.2 Å². The topological polar surface area (TPSA) is 94.2 Å². The molecule has 26 heavy (non-hydrogen) atoms. The van der Waals surface area contributed by atoms with Crippen molar-refractivity contribution in [3.63, 3.8) is 0 Å². The number of amides is 2. The number of ether oxygens (including phenoxy) is 3. The summed E-state index contributed by atoms with van der Waals surface area (Å²) in [4.78, 5) is 35.6. The first-order chi connectivity index (χ1) is 12.5. The van der Waals surface area contributed by atoms with E-state index >= 15 is 0 Å². The van der Waals surface area contributed by atoms with Gasteiger partial charge >= 0.3 is 18.2 Å². The van der Waals surface area contributed by atoms with Gasteiger partial charge in [-0.1, -0.05) is 36.4 Å². The number of hydrogen-bond donors (Lipinski definition) is 1. The third kappa shape index (κ3) is 7.25. The molecule has 8 heteroatoms. The molecule has 142 valence electrons. The molecular formula is C18H24N2O6. The summed E-state index contributed by atoms with van der Waals surface area (Å²) in [6, 6.07) is 8.61. The second-order valence-corrected chi connectivity index (χ2v) is 5.04. The van der Waals surface area contributed by atoms with Gasteiger partial charge in [-0.3, -0.25) is 0 Å². The molecule has 1 rings (SSSR count). The molecule has 1 N–H and O–H groups in total. The smallest absolute Gasteiger partial charge is 0.429 e. The van der Waals surface area contributed by atoms with Gasteiger partial charge in [0.15, 0.2) is 0 Å². The van der Waals surface area contributed by atoms with E-state index in [4.69, 9.17) is 9.47 Å². The molecule has 0 aliphatic heterocycles. The first-order valence-electron chi connectivity index (χ1n) is 8.21. The fraction of sp³-hybridized carbons (Fsp3) is 0.389. The SMILES string of the molecule is CCOC(=O)NN(C(=O)OCC)C(/C=C/C(=O)OC)Cc1ccccc1. The highest BCUT2D eigenvalue weighted by atomic mass is 16.6. The minimum absolute atomic E-state index is 0.124. The summed E-state index contributed by atoms with van der Waals surface area (Å²) >= 11 is 0. The van der Waals surface area contributed by atoms with Crippen LogP contribution in [0.1, 0.15) is 19.4 Å². The fourth-order valence-corrected chi connectivity index (χ4v) is 2.08. The Bertz CT molecular complexity index is 617. The summed E-state index contributed by atoms with van der Waals surface area (Å²) in [7, 11) is 1.25. The van der Waals surface area contributed by atoms with Crippen LogP contribution in [0, 0.1) is 0 Å². The Morgan fingerprint density at radius 1 is 1.12 bits per heavy atom. The summed E-state index contributed by atoms with van der Waals surface area (Å²) in [5.41, 5.74) is 3.25. The van der Waals surface area contributed by atoms with Gasteiger partial charge in [-0.05, 0) is 25.8 Å². The van der Waals surface area contributed by atoms with E-state index in [1.165, 1.54) is 19.3 Å². The molecule has 1 aromatic carbocycles. The van der Waals surface area contributed by atoms with Crippen LogP contribution in [0.4, 0.5) is 9.59 Å². The molecule has 1 atom stereocenters. The van der Waals surface area contributed by atoms with E-state index in [1.54, 1.807) is 13.8 Å². The number of hydrogen-bond acceptors (Lipinski definition) is 6. The van der Waals surface area contributed by atoms with Gasteiger partial charge in [0.05, 0.1) is 26.4 Å². The van der Waals surface area contributed by atoms with Crippen molar-refractivity contribution in [2.45, 2.75) is 26.3 Å². The van der Waals surface area contributed by atoms with Crippen molar-refractivity contribution in [3.05, 3.63) is 48.0 Å². The maximum Gasteiger partial charge on any atom is 0.429 e. The molecule has 0 aromatic heterocycles. The molecule has 0 radical (unpaired) electrons. The molecule has 8 nitrogen and oxygen atoms in total. The van der Waals surface area contributed by atoms with Gasteiger partial charge in [0.2, 0.25) is 0 Å². The summed E-state index contributed by atoms with van der Waals surface area (Å²) in [6.07, 6.45) is 1.41. The first-order valence-corrected chi connectivity index (χ1v) is 8.21. The van der Waals surface area contributed by atoms with E-state index in [0.717, 1.165) is 10.6 Å². The van der Waals surface area contributed by atoms with Crippen LogP contribution in [0.5, 0.6) is 0 Å². The van der Waals surface area contributed by atoms with Crippen LogP contribution >= 0.6 is 0 Å². The van der Waals surface area contributed by atoms with Gasteiger partial charge in [-0.25, -0.2) is 24.8 Å². The van der Waals surface area contributed by atoms with Gasteiger partial charge < -0.3 is 14.2 Å². The average Bonchev–Trinajstić information content (AvgIpc) is 2.64. The monoisotopic (exact) mass is 364 g/mol. The number of nitrogens with zero attached hydrogens (tertiary/aromatic N) is 1. The number of carbonyl (C=O) groups excluding carboxylic acids is 3. The Balaban J connectivity index is 3.11. The van der Waals surface area contributed by atoms with Gasteiger partial charge in [0.1, 0.15) is 0 Å². The molecule has 1 aromatic rings. The van der Waals surface area contributed by atoms with E-state index in [9.17, 15) is 14.4 Å². The van der Waals surface area contributed by atoms with Crippen molar-refractivity contribution in [2.75, 3.05) is 20.3 Å². The molecule has 0 spiro atoms. The Hall–Kier alpha value is -3.03. The summed E-state index contributed by atoms with van der Waals surface area (Å²) in [5, 5.41) is 0.994. The Morgan fingerprint density at radius 2 is 1.77 bits per heavy atom. The number of rotatable bonds is 7. The Labute approximate surface area is 152 Å². The van der Waals surface area contributed by atoms with Gasteiger partial charge in [0.25, 0.3) is 0 Å². The van der Waals surface area contributed by atoms with Crippen molar-refractivity contribution >= 4 is 18.2 Å². The maximum atomic E-state index is 12.3. The maximum absolute atomic E-state index is 12.3. The van der Waals surface area contributed by atoms with Crippen molar-refractivity contribution in [1.29, 1.82) is 0 Å². The zero-order valence-corrected chi connectivity index (χ0v) is 15.1. The summed E-state index contributed by atoms with van der Waals surface area (Å²) in [6.45, 7) is 3.56. The van der Waals surface area contributed by atoms with Gasteiger partial charge in [0, 0.05) is 6.08 Å². The lowest BCUT2D eigenvalue weighted by atomic mass is 10.1. The number of carbonyl (C=O) groups is 3. The number of nitrogens with one attached hydrogen (secondary N) is 1. The minimum atomic E-state index is -0.801. The minimum Gasteiger partial charge on any atom is -0.466 e. The Morgan fingerprint density at radius 3 is 2.35 bits per heavy atom. The number of benzene rings is 1. The van der Waals surface area contributed by atoms with E-state index in [1.807, 2.05) is 30.3 Å². The summed E-state index contributed by atoms with van der Waals surface area (Å²) < 4.78 is 14.4. The average molecular weight is 364 g/mol. The molecule has 0 saturated heterocycles. The zero-order chi connectivity index (χ0) is 19.4. The second-order valence-electron chi connectivity index (χ2n) is 5.04. The van der Waals surface area contributed by atoms with E-state index in [-0.39, 0.29) is 13.2 Å². The fourth-order valence-electron chi connectivity index (χ4n) is 2.08. The van der Waals surface area contributed by atoms with Crippen LogP contribution in [0.25, 0.3) is 0 Å². The third-order valence-corrected chi connectivity index (χ3v) is 3.23. The van der Waals surface area contributed by atoms with Crippen molar-refractivity contribution in [1.82, 2.24) is 10.4 Å². The molecule has 0 aliphatic rings. The standard InChI is InChI=1S/C18H24N2O6/c1-4-25-17(22)19-20(18(23)26-5-2)15(11-12-16(21)24-3)13-14-9-7-6-8-10-14/h6-12,15H,4-5,13H2,1-3H3,(H,19,22)/b12-11+. The Kier molecular flexibility index (Phi) is 9.30. The molecule has 0 saturated carbocycles. The molecule has 0 fully saturated rings. The molecule has 0 heterocycles. The van der Waals surface area contributed by atoms with Crippen LogP contribution in [-0.2, 0) is 25.4 Å². The van der Waals surface area contributed by atoms with Crippen molar-refractivity contribution < 1.29 is 28.6 Å². The van der Waals surface area contributed by atoms with Crippen molar-refractivity contribution in [3.8, 4) is 0 Å². The summed E-state index contributed by atoms with van der Waals surface area (Å²) in [5.74, 6) is -0.581. The van der Waals surface area contributed by atoms with Gasteiger partial charge in [-0.15, -0.1) is 0 Å². The molecular weight excluding hydrogens is 340 g/mol. The predicted molar refractivity (Wildman–Crippen MR) is 94.1 cm³/mol. The normalized spacial score (nSPS) is 11.5. The highest BCUT2D eigenvalue weighted by Gasteiger charge is 2.26. The highest BCUT2D eigenvalue weighted by molar-refractivity contribution is 5.82. The second kappa shape index (κ2) is 11.5. The molecule has 1 unspecified atom stereocenters.